The van der Waals surface area contributed by atoms with Gasteiger partial charge < -0.3 is 20.1 Å². The molecule has 0 radical (unpaired) electrons. The van der Waals surface area contributed by atoms with Crippen LogP contribution in [0.4, 0.5) is 4.79 Å². The van der Waals surface area contributed by atoms with Crippen LogP contribution < -0.4 is 5.32 Å². The molecule has 182 valence electrons. The van der Waals surface area contributed by atoms with Gasteiger partial charge in [0, 0.05) is 23.9 Å². The quantitative estimate of drug-likeness (QED) is 0.632. The fourth-order valence-electron chi connectivity index (χ4n) is 6.54. The van der Waals surface area contributed by atoms with Crippen LogP contribution in [0.1, 0.15) is 49.1 Å². The Morgan fingerprint density at radius 1 is 0.943 bits per heavy atom. The van der Waals surface area contributed by atoms with E-state index in [2.05, 4.69) is 29.6 Å². The average molecular weight is 475 g/mol. The van der Waals surface area contributed by atoms with Crippen LogP contribution in [0.15, 0.2) is 48.5 Å². The van der Waals surface area contributed by atoms with Crippen molar-refractivity contribution in [2.75, 3.05) is 13.2 Å². The summed E-state index contributed by atoms with van der Waals surface area (Å²) in [5, 5.41) is 12.2. The number of benzene rings is 2. The third kappa shape index (κ3) is 4.07. The molecule has 2 amide bonds. The van der Waals surface area contributed by atoms with Gasteiger partial charge >= 0.3 is 12.1 Å². The van der Waals surface area contributed by atoms with E-state index in [1.807, 2.05) is 24.3 Å². The van der Waals surface area contributed by atoms with Gasteiger partial charge in [-0.15, -0.1) is 0 Å². The fraction of sp³-hybridized carbons (Fsp3) is 0.464. The van der Waals surface area contributed by atoms with Crippen LogP contribution in [0, 0.1) is 17.8 Å². The van der Waals surface area contributed by atoms with Crippen molar-refractivity contribution < 1.29 is 24.2 Å². The molecule has 0 spiro atoms. The van der Waals surface area contributed by atoms with Crippen molar-refractivity contribution in [3.8, 4) is 11.1 Å². The molecule has 0 heterocycles. The number of fused-ring (bicyclic) bond motifs is 4. The molecule has 35 heavy (non-hydrogen) atoms. The molecule has 2 aromatic rings. The van der Waals surface area contributed by atoms with Crippen LogP contribution in [0.25, 0.3) is 11.1 Å². The van der Waals surface area contributed by atoms with E-state index in [4.69, 9.17) is 4.74 Å². The first kappa shape index (κ1) is 22.1. The van der Waals surface area contributed by atoms with E-state index in [1.165, 1.54) is 22.3 Å². The Balaban J connectivity index is 1.04. The molecular weight excluding hydrogens is 444 g/mol. The topological polar surface area (TPSA) is 95.9 Å². The second-order valence-electron chi connectivity index (χ2n) is 10.5. The molecule has 4 aliphatic carbocycles. The maximum atomic E-state index is 13.0. The zero-order valence-electron chi connectivity index (χ0n) is 19.6. The summed E-state index contributed by atoms with van der Waals surface area (Å²) in [7, 11) is 0. The second kappa shape index (κ2) is 8.70. The molecule has 3 fully saturated rings. The summed E-state index contributed by atoms with van der Waals surface area (Å²) in [6.07, 6.45) is 3.72. The third-order valence-electron chi connectivity index (χ3n) is 8.40. The predicted molar refractivity (Wildman–Crippen MR) is 129 cm³/mol. The maximum Gasteiger partial charge on any atom is 0.407 e. The van der Waals surface area contributed by atoms with Crippen LogP contribution in [0.5, 0.6) is 0 Å². The van der Waals surface area contributed by atoms with E-state index in [0.29, 0.717) is 12.3 Å². The molecule has 0 aromatic heterocycles. The largest absolute Gasteiger partial charge is 0.480 e. The first-order chi connectivity index (χ1) is 17.0. The predicted octanol–water partition coefficient (Wildman–Crippen LogP) is 4.02. The number of hydrogen-bond donors (Lipinski definition) is 2. The fourth-order valence-corrected chi connectivity index (χ4v) is 6.54. The number of rotatable bonds is 7. The van der Waals surface area contributed by atoms with Crippen molar-refractivity contribution in [2.24, 2.45) is 17.8 Å². The summed E-state index contributed by atoms with van der Waals surface area (Å²) < 4.78 is 5.70. The van der Waals surface area contributed by atoms with Crippen molar-refractivity contribution in [3.05, 3.63) is 59.7 Å². The number of amides is 2. The van der Waals surface area contributed by atoms with Gasteiger partial charge in [-0.3, -0.25) is 9.59 Å². The van der Waals surface area contributed by atoms with Gasteiger partial charge in [0.2, 0.25) is 5.91 Å². The van der Waals surface area contributed by atoms with Gasteiger partial charge in [0.15, 0.2) is 0 Å². The Hall–Kier alpha value is -3.35. The van der Waals surface area contributed by atoms with E-state index in [9.17, 15) is 19.5 Å². The normalized spacial score (nSPS) is 26.2. The Kier molecular flexibility index (Phi) is 5.50. The first-order valence-electron chi connectivity index (χ1n) is 12.6. The van der Waals surface area contributed by atoms with Gasteiger partial charge in [-0.1, -0.05) is 48.5 Å². The van der Waals surface area contributed by atoms with Gasteiger partial charge in [-0.25, -0.2) is 4.79 Å². The van der Waals surface area contributed by atoms with Crippen LogP contribution in [-0.2, 0) is 14.3 Å². The number of hydrogen-bond acceptors (Lipinski definition) is 4. The molecule has 4 unspecified atom stereocenters. The minimum absolute atomic E-state index is 0.0160. The third-order valence-corrected chi connectivity index (χ3v) is 8.40. The number of nitrogens with one attached hydrogen (secondary N) is 1. The van der Waals surface area contributed by atoms with Crippen molar-refractivity contribution in [3.63, 3.8) is 0 Å². The highest BCUT2D eigenvalue weighted by atomic mass is 16.5. The zero-order valence-corrected chi connectivity index (χ0v) is 19.6. The molecule has 0 saturated heterocycles. The van der Waals surface area contributed by atoms with Crippen molar-refractivity contribution in [1.29, 1.82) is 0 Å². The van der Waals surface area contributed by atoms with E-state index < -0.39 is 12.1 Å². The summed E-state index contributed by atoms with van der Waals surface area (Å²) >= 11 is 0. The van der Waals surface area contributed by atoms with Crippen LogP contribution in [0.3, 0.4) is 0 Å². The zero-order chi connectivity index (χ0) is 24.1. The molecule has 3 saturated carbocycles. The van der Waals surface area contributed by atoms with Crippen molar-refractivity contribution in [2.45, 2.75) is 50.1 Å². The number of carbonyl (C=O) groups excluding carboxylic acids is 2. The summed E-state index contributed by atoms with van der Waals surface area (Å²) in [6.45, 7) is 0.0735. The lowest BCUT2D eigenvalue weighted by Crippen LogP contribution is -2.50. The van der Waals surface area contributed by atoms with Crippen LogP contribution in [0.2, 0.25) is 0 Å². The van der Waals surface area contributed by atoms with E-state index in [1.54, 1.807) is 4.90 Å². The van der Waals surface area contributed by atoms with Crippen LogP contribution in [-0.4, -0.2) is 53.2 Å². The molecule has 7 heteroatoms. The molecule has 7 nitrogen and oxygen atoms in total. The highest BCUT2D eigenvalue weighted by molar-refractivity contribution is 5.84. The number of carbonyl (C=O) groups is 3. The summed E-state index contributed by atoms with van der Waals surface area (Å²) in [5.41, 5.74) is 4.76. The number of carboxylic acid groups (broad SMARTS) is 1. The molecule has 0 aliphatic heterocycles. The molecule has 6 rings (SSSR count). The Morgan fingerprint density at radius 3 is 2.23 bits per heavy atom. The standard InChI is InChI=1S/C28H30N2O5/c31-26(32)14-30(18-9-10-18)27(33)17-11-16-13-25(23(16)12-17)29-28(34)35-15-24-21-7-3-1-5-19(21)20-6-2-4-8-22(20)24/h1-8,16-18,23-25H,9-15H2,(H,29,34)(H,31,32). The lowest BCUT2D eigenvalue weighted by atomic mass is 9.71. The monoisotopic (exact) mass is 474 g/mol. The highest BCUT2D eigenvalue weighted by Crippen LogP contribution is 2.51. The van der Waals surface area contributed by atoms with Crippen molar-refractivity contribution in [1.82, 2.24) is 10.2 Å². The smallest absolute Gasteiger partial charge is 0.407 e. The number of nitrogens with zero attached hydrogens (tertiary/aromatic N) is 1. The van der Waals surface area contributed by atoms with Crippen molar-refractivity contribution >= 4 is 18.0 Å². The number of carboxylic acids is 1. The number of ether oxygens (including phenoxy) is 1. The molecule has 2 aromatic carbocycles. The highest BCUT2D eigenvalue weighted by Gasteiger charge is 2.51. The first-order valence-corrected chi connectivity index (χ1v) is 12.6. The Morgan fingerprint density at radius 2 is 1.60 bits per heavy atom. The van der Waals surface area contributed by atoms with Gasteiger partial charge in [-0.2, -0.15) is 0 Å². The van der Waals surface area contributed by atoms with E-state index in [-0.39, 0.29) is 48.9 Å². The minimum Gasteiger partial charge on any atom is -0.480 e. The minimum atomic E-state index is -0.957. The summed E-state index contributed by atoms with van der Waals surface area (Å²) in [6, 6.07) is 16.6. The lowest BCUT2D eigenvalue weighted by Gasteiger charge is -2.40. The molecular formula is C28H30N2O5. The van der Waals surface area contributed by atoms with Gasteiger partial charge in [0.25, 0.3) is 0 Å². The van der Waals surface area contributed by atoms with Crippen LogP contribution >= 0.6 is 0 Å². The van der Waals surface area contributed by atoms with Gasteiger partial charge in [0.1, 0.15) is 13.2 Å². The maximum absolute atomic E-state index is 13.0. The number of alkyl carbamates (subject to hydrolysis) is 1. The SMILES string of the molecule is O=C(O)CN(C(=O)C1CC2CC(NC(=O)OCC3c4ccccc4-c4ccccc43)C2C1)C1CC1. The molecule has 2 N–H and O–H groups in total. The van der Waals surface area contributed by atoms with Gasteiger partial charge in [0.05, 0.1) is 0 Å². The lowest BCUT2D eigenvalue weighted by molar-refractivity contribution is -0.146. The van der Waals surface area contributed by atoms with E-state index >= 15 is 0 Å². The number of aliphatic carboxylic acids is 1. The Labute approximate surface area is 204 Å². The van der Waals surface area contributed by atoms with Gasteiger partial charge in [-0.05, 0) is 66.2 Å². The Bertz CT molecular complexity index is 1130. The van der Waals surface area contributed by atoms with E-state index in [0.717, 1.165) is 25.7 Å². The molecule has 0 bridgehead atoms. The molecule has 4 aliphatic rings. The average Bonchev–Trinajstić information content (AvgIpc) is 3.56. The molecule has 4 atom stereocenters. The summed E-state index contributed by atoms with van der Waals surface area (Å²) in [4.78, 5) is 38.5. The summed E-state index contributed by atoms with van der Waals surface area (Å²) in [5.74, 6) is -0.424. The second-order valence-corrected chi connectivity index (χ2v) is 10.5.